The molecule has 1 saturated heterocycles. The van der Waals surface area contributed by atoms with E-state index in [0.717, 1.165) is 45.2 Å². The van der Waals surface area contributed by atoms with Crippen LogP contribution in [0.1, 0.15) is 64.2 Å². The van der Waals surface area contributed by atoms with E-state index in [1.807, 2.05) is 11.0 Å². The van der Waals surface area contributed by atoms with Crippen molar-refractivity contribution < 1.29 is 4.79 Å². The average molecular weight is 266 g/mol. The summed E-state index contributed by atoms with van der Waals surface area (Å²) >= 11 is 0. The molecule has 1 fully saturated rings. The number of nitrogens with two attached hydrogens (primary N) is 1. The fourth-order valence-corrected chi connectivity index (χ4v) is 2.66. The van der Waals surface area contributed by atoms with Crippen LogP contribution in [0.4, 0.5) is 0 Å². The first-order valence-corrected chi connectivity index (χ1v) is 7.91. The van der Waals surface area contributed by atoms with Gasteiger partial charge in [0.2, 0.25) is 5.91 Å². The van der Waals surface area contributed by atoms with E-state index in [1.165, 1.54) is 32.1 Å². The van der Waals surface area contributed by atoms with E-state index in [-0.39, 0.29) is 11.9 Å². The molecule has 0 aromatic carbocycles. The van der Waals surface area contributed by atoms with E-state index in [2.05, 4.69) is 6.58 Å². The summed E-state index contributed by atoms with van der Waals surface area (Å²) in [4.78, 5) is 14.0. The van der Waals surface area contributed by atoms with Crippen molar-refractivity contribution >= 4 is 5.91 Å². The first kappa shape index (κ1) is 16.2. The van der Waals surface area contributed by atoms with Gasteiger partial charge in [0.15, 0.2) is 0 Å². The number of hydrogen-bond acceptors (Lipinski definition) is 2. The number of amides is 1. The topological polar surface area (TPSA) is 46.3 Å². The minimum Gasteiger partial charge on any atom is -0.341 e. The Balaban J connectivity index is 2.04. The van der Waals surface area contributed by atoms with Crippen LogP contribution in [0.5, 0.6) is 0 Å². The molecular weight excluding hydrogens is 236 g/mol. The zero-order chi connectivity index (χ0) is 13.9. The molecule has 1 heterocycles. The summed E-state index contributed by atoms with van der Waals surface area (Å²) in [5, 5.41) is 0. The van der Waals surface area contributed by atoms with Crippen molar-refractivity contribution in [3.8, 4) is 0 Å². The lowest BCUT2D eigenvalue weighted by Gasteiger charge is -2.22. The van der Waals surface area contributed by atoms with Gasteiger partial charge < -0.3 is 10.6 Å². The predicted molar refractivity (Wildman–Crippen MR) is 80.9 cm³/mol. The zero-order valence-corrected chi connectivity index (χ0v) is 12.3. The molecule has 0 aromatic heterocycles. The molecule has 19 heavy (non-hydrogen) atoms. The molecule has 0 saturated carbocycles. The Morgan fingerprint density at radius 1 is 1.16 bits per heavy atom. The first-order chi connectivity index (χ1) is 9.25. The molecule has 0 aliphatic carbocycles. The molecule has 0 spiro atoms. The highest BCUT2D eigenvalue weighted by molar-refractivity contribution is 5.81. The molecule has 0 bridgehead atoms. The molecule has 0 unspecified atom stereocenters. The summed E-state index contributed by atoms with van der Waals surface area (Å²) in [5.41, 5.74) is 5.87. The van der Waals surface area contributed by atoms with Gasteiger partial charge in [0.1, 0.15) is 0 Å². The zero-order valence-electron chi connectivity index (χ0n) is 12.3. The molecule has 1 rings (SSSR count). The van der Waals surface area contributed by atoms with Crippen LogP contribution in [0.15, 0.2) is 12.7 Å². The summed E-state index contributed by atoms with van der Waals surface area (Å²) in [5.74, 6) is 0.170. The van der Waals surface area contributed by atoms with Crippen LogP contribution >= 0.6 is 0 Å². The number of rotatable bonds is 9. The third-order valence-corrected chi connectivity index (χ3v) is 3.91. The van der Waals surface area contributed by atoms with Crippen LogP contribution in [0.3, 0.4) is 0 Å². The second-order valence-corrected chi connectivity index (χ2v) is 5.63. The Hall–Kier alpha value is -0.830. The average Bonchev–Trinajstić information content (AvgIpc) is 2.57. The molecular formula is C16H30N2O. The van der Waals surface area contributed by atoms with E-state index in [4.69, 9.17) is 5.73 Å². The van der Waals surface area contributed by atoms with Gasteiger partial charge in [-0.1, -0.05) is 31.8 Å². The number of allylic oxidation sites excluding steroid dienone is 1. The maximum absolute atomic E-state index is 12.0. The highest BCUT2D eigenvalue weighted by Crippen LogP contribution is 2.13. The fourth-order valence-electron chi connectivity index (χ4n) is 2.66. The van der Waals surface area contributed by atoms with Gasteiger partial charge in [0, 0.05) is 13.1 Å². The van der Waals surface area contributed by atoms with E-state index >= 15 is 0 Å². The van der Waals surface area contributed by atoms with Crippen molar-refractivity contribution in [3.05, 3.63) is 12.7 Å². The maximum Gasteiger partial charge on any atom is 0.239 e. The highest BCUT2D eigenvalue weighted by atomic mass is 16.2. The predicted octanol–water partition coefficient (Wildman–Crippen LogP) is 3.24. The lowest BCUT2D eigenvalue weighted by Crippen LogP contribution is -2.42. The standard InChI is InChI=1S/C16H30N2O/c1-2-3-4-5-6-7-8-10-13-18-14-11-9-12-15(17)16(18)19/h2,15H,1,3-14,17H2/t15-/m0/s1. The molecule has 1 aliphatic heterocycles. The molecule has 3 nitrogen and oxygen atoms in total. The number of unbranched alkanes of at least 4 members (excludes halogenated alkanes) is 6. The summed E-state index contributed by atoms with van der Waals surface area (Å²) < 4.78 is 0. The van der Waals surface area contributed by atoms with Crippen molar-refractivity contribution in [2.45, 2.75) is 70.3 Å². The summed E-state index contributed by atoms with van der Waals surface area (Å²) in [6.07, 6.45) is 13.7. The second kappa shape index (κ2) is 10.0. The van der Waals surface area contributed by atoms with E-state index in [9.17, 15) is 4.79 Å². The Kier molecular flexibility index (Phi) is 8.55. The minimum absolute atomic E-state index is 0.170. The summed E-state index contributed by atoms with van der Waals surface area (Å²) in [7, 11) is 0. The monoisotopic (exact) mass is 266 g/mol. The van der Waals surface area contributed by atoms with Gasteiger partial charge in [-0.05, 0) is 38.5 Å². The largest absolute Gasteiger partial charge is 0.341 e. The third-order valence-electron chi connectivity index (χ3n) is 3.91. The van der Waals surface area contributed by atoms with Crippen LogP contribution in [-0.4, -0.2) is 29.9 Å². The SMILES string of the molecule is C=CCCCCCCCCN1CCCC[C@H](N)C1=O. The number of likely N-dealkylation sites (tertiary alicyclic amines) is 1. The molecule has 1 amide bonds. The second-order valence-electron chi connectivity index (χ2n) is 5.63. The van der Waals surface area contributed by atoms with Gasteiger partial charge >= 0.3 is 0 Å². The maximum atomic E-state index is 12.0. The Bertz CT molecular complexity index is 265. The van der Waals surface area contributed by atoms with Crippen molar-refractivity contribution in [3.63, 3.8) is 0 Å². The van der Waals surface area contributed by atoms with Crippen LogP contribution in [0.25, 0.3) is 0 Å². The van der Waals surface area contributed by atoms with E-state index in [1.54, 1.807) is 0 Å². The highest BCUT2D eigenvalue weighted by Gasteiger charge is 2.22. The van der Waals surface area contributed by atoms with Crippen LogP contribution in [0.2, 0.25) is 0 Å². The van der Waals surface area contributed by atoms with Crippen LogP contribution < -0.4 is 5.73 Å². The lowest BCUT2D eigenvalue weighted by molar-refractivity contribution is -0.132. The van der Waals surface area contributed by atoms with Gasteiger partial charge in [-0.25, -0.2) is 0 Å². The molecule has 2 N–H and O–H groups in total. The van der Waals surface area contributed by atoms with Crippen LogP contribution in [0, 0.1) is 0 Å². The van der Waals surface area contributed by atoms with Crippen molar-refractivity contribution in [1.82, 2.24) is 4.90 Å². The molecule has 0 aromatic rings. The smallest absolute Gasteiger partial charge is 0.239 e. The Morgan fingerprint density at radius 2 is 1.84 bits per heavy atom. The normalized spacial score (nSPS) is 20.4. The molecule has 1 atom stereocenters. The van der Waals surface area contributed by atoms with Crippen LogP contribution in [-0.2, 0) is 4.79 Å². The van der Waals surface area contributed by atoms with E-state index < -0.39 is 0 Å². The molecule has 3 heteroatoms. The Labute approximate surface area is 118 Å². The molecule has 110 valence electrons. The molecule has 0 radical (unpaired) electrons. The lowest BCUT2D eigenvalue weighted by atomic mass is 10.1. The quantitative estimate of drug-likeness (QED) is 0.514. The van der Waals surface area contributed by atoms with Gasteiger partial charge in [0.25, 0.3) is 0 Å². The van der Waals surface area contributed by atoms with Gasteiger partial charge in [-0.3, -0.25) is 4.79 Å². The number of nitrogens with zero attached hydrogens (tertiary/aromatic N) is 1. The van der Waals surface area contributed by atoms with Crippen molar-refractivity contribution in [1.29, 1.82) is 0 Å². The van der Waals surface area contributed by atoms with Gasteiger partial charge in [-0.2, -0.15) is 0 Å². The van der Waals surface area contributed by atoms with Gasteiger partial charge in [-0.15, -0.1) is 6.58 Å². The van der Waals surface area contributed by atoms with Crippen molar-refractivity contribution in [2.75, 3.05) is 13.1 Å². The Morgan fingerprint density at radius 3 is 2.58 bits per heavy atom. The summed E-state index contributed by atoms with van der Waals surface area (Å²) in [6.45, 7) is 5.54. The van der Waals surface area contributed by atoms with E-state index in [0.29, 0.717) is 0 Å². The van der Waals surface area contributed by atoms with Gasteiger partial charge in [0.05, 0.1) is 6.04 Å². The number of carbonyl (C=O) groups is 1. The van der Waals surface area contributed by atoms with Crippen molar-refractivity contribution in [2.24, 2.45) is 5.73 Å². The summed E-state index contributed by atoms with van der Waals surface area (Å²) in [6, 6.07) is -0.249. The number of hydrogen-bond donors (Lipinski definition) is 1. The minimum atomic E-state index is -0.249. The number of carbonyl (C=O) groups excluding carboxylic acids is 1. The first-order valence-electron chi connectivity index (χ1n) is 7.91. The fraction of sp³-hybridized carbons (Fsp3) is 0.812. The third kappa shape index (κ3) is 6.76. The molecule has 1 aliphatic rings.